The fourth-order valence-corrected chi connectivity index (χ4v) is 4.23. The second-order valence-corrected chi connectivity index (χ2v) is 8.23. The predicted octanol–water partition coefficient (Wildman–Crippen LogP) is 4.13. The van der Waals surface area contributed by atoms with Crippen molar-refractivity contribution in [2.75, 3.05) is 20.2 Å². The summed E-state index contributed by atoms with van der Waals surface area (Å²) in [6.07, 6.45) is 5.56. The molecule has 3 aromatic heterocycles. The highest BCUT2D eigenvalue weighted by Crippen LogP contribution is 2.28. The Kier molecular flexibility index (Phi) is 5.31. The molecule has 0 bridgehead atoms. The Balaban J connectivity index is 1.38. The second kappa shape index (κ2) is 8.42. The molecule has 0 aliphatic carbocycles. The van der Waals surface area contributed by atoms with Gasteiger partial charge in [-0.05, 0) is 67.3 Å². The molecule has 0 radical (unpaired) electrons. The van der Waals surface area contributed by atoms with Crippen molar-refractivity contribution in [1.29, 1.82) is 0 Å². The third kappa shape index (κ3) is 3.93. The van der Waals surface area contributed by atoms with Crippen molar-refractivity contribution < 1.29 is 9.53 Å². The van der Waals surface area contributed by atoms with Crippen LogP contribution in [-0.2, 0) is 0 Å². The molecule has 1 unspecified atom stereocenters. The molecule has 0 saturated carbocycles. The Hall–Kier alpha value is -3.74. The molecule has 4 aromatic rings. The summed E-state index contributed by atoms with van der Waals surface area (Å²) in [6.45, 7) is 3.31. The minimum absolute atomic E-state index is 0.0255. The van der Waals surface area contributed by atoms with Crippen molar-refractivity contribution in [2.24, 2.45) is 0 Å². The van der Waals surface area contributed by atoms with Gasteiger partial charge in [0.1, 0.15) is 11.4 Å². The summed E-state index contributed by atoms with van der Waals surface area (Å²) in [7, 11) is 1.67. The van der Waals surface area contributed by atoms with Crippen molar-refractivity contribution in [3.8, 4) is 16.9 Å². The van der Waals surface area contributed by atoms with Crippen LogP contribution >= 0.6 is 0 Å². The molecule has 7 heteroatoms. The number of pyridine rings is 2. The Morgan fingerprint density at radius 3 is 2.88 bits per heavy atom. The first-order chi connectivity index (χ1) is 15.6. The summed E-state index contributed by atoms with van der Waals surface area (Å²) in [5.74, 6) is 1.68. The number of aromatic nitrogens is 4. The van der Waals surface area contributed by atoms with E-state index in [4.69, 9.17) is 14.8 Å². The quantitative estimate of drug-likeness (QED) is 0.490. The maximum Gasteiger partial charge on any atom is 0.272 e. The highest BCUT2D eigenvalue weighted by atomic mass is 16.5. The second-order valence-electron chi connectivity index (χ2n) is 8.23. The van der Waals surface area contributed by atoms with Gasteiger partial charge in [0.05, 0.1) is 7.11 Å². The fourth-order valence-electron chi connectivity index (χ4n) is 4.23. The number of hydrogen-bond donors (Lipinski definition) is 0. The van der Waals surface area contributed by atoms with Gasteiger partial charge in [-0.25, -0.2) is 9.50 Å². The first-order valence-corrected chi connectivity index (χ1v) is 10.8. The summed E-state index contributed by atoms with van der Waals surface area (Å²) >= 11 is 0. The number of aryl methyl sites for hydroxylation is 1. The van der Waals surface area contributed by atoms with Gasteiger partial charge in [-0.1, -0.05) is 12.1 Å². The smallest absolute Gasteiger partial charge is 0.272 e. The van der Waals surface area contributed by atoms with E-state index in [0.29, 0.717) is 12.2 Å². The van der Waals surface area contributed by atoms with Crippen molar-refractivity contribution in [1.82, 2.24) is 24.5 Å². The van der Waals surface area contributed by atoms with Gasteiger partial charge in [-0.2, -0.15) is 5.10 Å². The minimum atomic E-state index is -0.0255. The van der Waals surface area contributed by atoms with Crippen LogP contribution < -0.4 is 4.74 Å². The fraction of sp³-hybridized carbons (Fsp3) is 0.280. The zero-order valence-corrected chi connectivity index (χ0v) is 18.2. The third-order valence-corrected chi connectivity index (χ3v) is 5.96. The molecule has 5 rings (SSSR count). The molecular weight excluding hydrogens is 402 g/mol. The summed E-state index contributed by atoms with van der Waals surface area (Å²) in [4.78, 5) is 23.9. The van der Waals surface area contributed by atoms with E-state index in [1.165, 1.54) is 0 Å². The summed E-state index contributed by atoms with van der Waals surface area (Å²) in [5, 5.41) is 4.77. The largest absolute Gasteiger partial charge is 0.497 e. The lowest BCUT2D eigenvalue weighted by molar-refractivity contribution is 0.0698. The van der Waals surface area contributed by atoms with E-state index in [1.54, 1.807) is 13.3 Å². The number of likely N-dealkylation sites (tertiary alicyclic amines) is 1. The predicted molar refractivity (Wildman–Crippen MR) is 122 cm³/mol. The van der Waals surface area contributed by atoms with Gasteiger partial charge in [-0.3, -0.25) is 9.78 Å². The van der Waals surface area contributed by atoms with Gasteiger partial charge < -0.3 is 9.64 Å². The van der Waals surface area contributed by atoms with Gasteiger partial charge in [0, 0.05) is 37.0 Å². The summed E-state index contributed by atoms with van der Waals surface area (Å²) in [6, 6.07) is 15.7. The SMILES string of the molecule is COc1cccc(-c2ccc3nc(C4CCCN(C(=O)c5cc(C)ccn5)C4)nn3c2)c1. The summed E-state index contributed by atoms with van der Waals surface area (Å²) < 4.78 is 7.17. The van der Waals surface area contributed by atoms with Crippen molar-refractivity contribution >= 4 is 11.6 Å². The van der Waals surface area contributed by atoms with Crippen LogP contribution in [0.4, 0.5) is 0 Å². The van der Waals surface area contributed by atoms with Gasteiger partial charge in [0.2, 0.25) is 0 Å². The number of piperidine rings is 1. The zero-order chi connectivity index (χ0) is 22.1. The van der Waals surface area contributed by atoms with Crippen LogP contribution in [-0.4, -0.2) is 50.6 Å². The van der Waals surface area contributed by atoms with Crippen LogP contribution in [0.15, 0.2) is 60.9 Å². The molecular formula is C25H25N5O2. The first kappa shape index (κ1) is 20.2. The number of hydrogen-bond acceptors (Lipinski definition) is 5. The Labute approximate surface area is 186 Å². The average molecular weight is 428 g/mol. The van der Waals surface area contributed by atoms with E-state index >= 15 is 0 Å². The standard InChI is InChI=1S/C25H25N5O2/c1-17-10-11-26-22(13-17)25(31)29-12-4-6-20(15-29)24-27-23-9-8-19(16-30(23)28-24)18-5-3-7-21(14-18)32-2/h3,5,7-11,13-14,16,20H,4,6,12,15H2,1-2H3. The maximum absolute atomic E-state index is 13.0. The normalized spacial score (nSPS) is 16.3. The zero-order valence-electron chi connectivity index (χ0n) is 18.2. The molecule has 162 valence electrons. The van der Waals surface area contributed by atoms with E-state index in [-0.39, 0.29) is 11.8 Å². The van der Waals surface area contributed by atoms with Crippen LogP contribution in [0.25, 0.3) is 16.8 Å². The molecule has 0 spiro atoms. The van der Waals surface area contributed by atoms with Gasteiger partial charge in [0.25, 0.3) is 5.91 Å². The van der Waals surface area contributed by atoms with E-state index < -0.39 is 0 Å². The Bertz CT molecular complexity index is 1280. The molecule has 1 aliphatic rings. The van der Waals surface area contributed by atoms with E-state index in [9.17, 15) is 4.79 Å². The maximum atomic E-state index is 13.0. The Morgan fingerprint density at radius 2 is 2.03 bits per heavy atom. The molecule has 1 fully saturated rings. The van der Waals surface area contributed by atoms with Crippen LogP contribution in [0.1, 0.15) is 40.6 Å². The molecule has 4 heterocycles. The highest BCUT2D eigenvalue weighted by Gasteiger charge is 2.28. The molecule has 32 heavy (non-hydrogen) atoms. The number of carbonyl (C=O) groups excluding carboxylic acids is 1. The van der Waals surface area contributed by atoms with Crippen molar-refractivity contribution in [3.63, 3.8) is 0 Å². The van der Waals surface area contributed by atoms with Crippen LogP contribution in [0.3, 0.4) is 0 Å². The molecule has 1 amide bonds. The number of amides is 1. The number of nitrogens with zero attached hydrogens (tertiary/aromatic N) is 5. The van der Waals surface area contributed by atoms with Gasteiger partial charge >= 0.3 is 0 Å². The molecule has 0 N–H and O–H groups in total. The molecule has 1 atom stereocenters. The number of benzene rings is 1. The lowest BCUT2D eigenvalue weighted by Crippen LogP contribution is -2.39. The van der Waals surface area contributed by atoms with E-state index in [1.807, 2.05) is 71.1 Å². The number of ether oxygens (including phenoxy) is 1. The van der Waals surface area contributed by atoms with Gasteiger partial charge in [0.15, 0.2) is 11.5 Å². The van der Waals surface area contributed by atoms with Crippen molar-refractivity contribution in [3.05, 3.63) is 78.0 Å². The lowest BCUT2D eigenvalue weighted by Gasteiger charge is -2.31. The number of carbonyl (C=O) groups is 1. The molecule has 7 nitrogen and oxygen atoms in total. The number of methoxy groups -OCH3 is 1. The third-order valence-electron chi connectivity index (χ3n) is 5.96. The van der Waals surface area contributed by atoms with E-state index in [2.05, 4.69) is 4.98 Å². The topological polar surface area (TPSA) is 72.6 Å². The average Bonchev–Trinajstić information content (AvgIpc) is 3.27. The highest BCUT2D eigenvalue weighted by molar-refractivity contribution is 5.92. The number of rotatable bonds is 4. The Morgan fingerprint density at radius 1 is 1.12 bits per heavy atom. The van der Waals surface area contributed by atoms with Crippen molar-refractivity contribution in [2.45, 2.75) is 25.7 Å². The van der Waals surface area contributed by atoms with Gasteiger partial charge in [-0.15, -0.1) is 0 Å². The lowest BCUT2D eigenvalue weighted by atomic mass is 9.97. The molecule has 1 aliphatic heterocycles. The first-order valence-electron chi connectivity index (χ1n) is 10.8. The minimum Gasteiger partial charge on any atom is -0.497 e. The van der Waals surface area contributed by atoms with Crippen LogP contribution in [0, 0.1) is 6.92 Å². The van der Waals surface area contributed by atoms with Crippen LogP contribution in [0.5, 0.6) is 5.75 Å². The molecule has 1 saturated heterocycles. The molecule has 1 aromatic carbocycles. The number of fused-ring (bicyclic) bond motifs is 1. The summed E-state index contributed by atoms with van der Waals surface area (Å²) in [5.41, 5.74) is 4.43. The van der Waals surface area contributed by atoms with E-state index in [0.717, 1.165) is 53.3 Å². The monoisotopic (exact) mass is 427 g/mol. The van der Waals surface area contributed by atoms with Crippen LogP contribution in [0.2, 0.25) is 0 Å².